The first-order valence-corrected chi connectivity index (χ1v) is 8.61. The van der Waals surface area contributed by atoms with Gasteiger partial charge in [-0.15, -0.1) is 11.3 Å². The summed E-state index contributed by atoms with van der Waals surface area (Å²) in [5, 5.41) is 8.72. The van der Waals surface area contributed by atoms with Gasteiger partial charge in [-0.2, -0.15) is 4.31 Å². The van der Waals surface area contributed by atoms with E-state index < -0.39 is 16.0 Å². The van der Waals surface area contributed by atoms with E-state index in [1.54, 1.807) is 6.07 Å². The molecule has 0 bridgehead atoms. The van der Waals surface area contributed by atoms with E-state index in [4.69, 9.17) is 9.84 Å². The third kappa shape index (κ3) is 3.38. The van der Waals surface area contributed by atoms with Gasteiger partial charge < -0.3 is 9.84 Å². The van der Waals surface area contributed by atoms with Crippen LogP contribution in [0.5, 0.6) is 0 Å². The highest BCUT2D eigenvalue weighted by Gasteiger charge is 2.31. The van der Waals surface area contributed by atoms with Crippen LogP contribution in [-0.4, -0.2) is 49.6 Å². The van der Waals surface area contributed by atoms with Crippen molar-refractivity contribution in [1.29, 1.82) is 0 Å². The molecule has 6 nitrogen and oxygen atoms in total. The SMILES string of the molecule is CCC1CN(S(=O)(=O)c2ccc(CC(=O)O)s2)CCO1. The molecule has 1 aliphatic heterocycles. The number of carboxylic acids is 1. The molecule has 0 radical (unpaired) electrons. The van der Waals surface area contributed by atoms with Crippen molar-refractivity contribution in [3.8, 4) is 0 Å². The number of ether oxygens (including phenoxy) is 1. The number of nitrogens with zero attached hydrogens (tertiary/aromatic N) is 1. The van der Waals surface area contributed by atoms with Gasteiger partial charge in [0.2, 0.25) is 0 Å². The Hall–Kier alpha value is -0.960. The molecule has 2 rings (SSSR count). The lowest BCUT2D eigenvalue weighted by atomic mass is 10.2. The van der Waals surface area contributed by atoms with E-state index in [0.29, 0.717) is 24.6 Å². The van der Waals surface area contributed by atoms with Crippen molar-refractivity contribution in [2.75, 3.05) is 19.7 Å². The Morgan fingerprint density at radius 2 is 2.30 bits per heavy atom. The highest BCUT2D eigenvalue weighted by atomic mass is 32.2. The third-order valence-corrected chi connectivity index (χ3v) is 6.53. The van der Waals surface area contributed by atoms with Crippen molar-refractivity contribution in [2.45, 2.75) is 30.1 Å². The van der Waals surface area contributed by atoms with Crippen molar-refractivity contribution >= 4 is 27.3 Å². The molecule has 1 aliphatic rings. The normalized spacial score (nSPS) is 20.9. The maximum atomic E-state index is 12.5. The predicted molar refractivity (Wildman–Crippen MR) is 74.4 cm³/mol. The van der Waals surface area contributed by atoms with E-state index in [-0.39, 0.29) is 16.7 Å². The monoisotopic (exact) mass is 319 g/mol. The number of rotatable bonds is 5. The zero-order valence-electron chi connectivity index (χ0n) is 11.1. The molecular formula is C12H17NO5S2. The van der Waals surface area contributed by atoms with Gasteiger partial charge in [-0.1, -0.05) is 6.92 Å². The molecule has 1 aromatic heterocycles. The summed E-state index contributed by atoms with van der Waals surface area (Å²) >= 11 is 1.02. The van der Waals surface area contributed by atoms with Gasteiger partial charge in [0.05, 0.1) is 19.1 Å². The summed E-state index contributed by atoms with van der Waals surface area (Å²) in [5.41, 5.74) is 0. The molecule has 1 unspecified atom stereocenters. The van der Waals surface area contributed by atoms with E-state index in [0.717, 1.165) is 17.8 Å². The smallest absolute Gasteiger partial charge is 0.308 e. The van der Waals surface area contributed by atoms with Crippen molar-refractivity contribution in [3.63, 3.8) is 0 Å². The van der Waals surface area contributed by atoms with Crippen LogP contribution < -0.4 is 0 Å². The molecule has 0 spiro atoms. The van der Waals surface area contributed by atoms with Crippen molar-refractivity contribution in [3.05, 3.63) is 17.0 Å². The predicted octanol–water partition coefficient (Wildman–Crippen LogP) is 1.17. The fourth-order valence-electron chi connectivity index (χ4n) is 2.03. The Kier molecular flexibility index (Phi) is 4.79. The summed E-state index contributed by atoms with van der Waals surface area (Å²) in [7, 11) is -3.54. The molecule has 112 valence electrons. The summed E-state index contributed by atoms with van der Waals surface area (Å²) in [6, 6.07) is 3.04. The first kappa shape index (κ1) is 15.4. The largest absolute Gasteiger partial charge is 0.481 e. The van der Waals surface area contributed by atoms with Gasteiger partial charge in [-0.3, -0.25) is 4.79 Å². The molecule has 1 aromatic rings. The summed E-state index contributed by atoms with van der Waals surface area (Å²) in [4.78, 5) is 11.2. The van der Waals surface area contributed by atoms with Crippen LogP contribution in [0.4, 0.5) is 0 Å². The fraction of sp³-hybridized carbons (Fsp3) is 0.583. The summed E-state index contributed by atoms with van der Waals surface area (Å²) in [5.74, 6) is -0.965. The molecule has 1 saturated heterocycles. The van der Waals surface area contributed by atoms with Crippen LogP contribution in [0.15, 0.2) is 16.3 Å². The number of aliphatic carboxylic acids is 1. The highest BCUT2D eigenvalue weighted by Crippen LogP contribution is 2.26. The van der Waals surface area contributed by atoms with Crippen LogP contribution in [0.25, 0.3) is 0 Å². The zero-order chi connectivity index (χ0) is 14.8. The second-order valence-electron chi connectivity index (χ2n) is 4.56. The van der Waals surface area contributed by atoms with E-state index >= 15 is 0 Å². The average molecular weight is 319 g/mol. The Morgan fingerprint density at radius 3 is 2.95 bits per heavy atom. The molecule has 8 heteroatoms. The maximum Gasteiger partial charge on any atom is 0.308 e. The van der Waals surface area contributed by atoms with Gasteiger partial charge in [0.15, 0.2) is 0 Å². The lowest BCUT2D eigenvalue weighted by molar-refractivity contribution is -0.136. The van der Waals surface area contributed by atoms with Crippen LogP contribution in [0.3, 0.4) is 0 Å². The topological polar surface area (TPSA) is 83.9 Å². The minimum atomic E-state index is -3.54. The van der Waals surface area contributed by atoms with Crippen molar-refractivity contribution < 1.29 is 23.1 Å². The Bertz CT molecular complexity index is 580. The van der Waals surface area contributed by atoms with Gasteiger partial charge in [0.25, 0.3) is 10.0 Å². The van der Waals surface area contributed by atoms with Gasteiger partial charge in [-0.05, 0) is 18.6 Å². The highest BCUT2D eigenvalue weighted by molar-refractivity contribution is 7.91. The number of carboxylic acid groups (broad SMARTS) is 1. The molecule has 1 atom stereocenters. The molecule has 1 N–H and O–H groups in total. The zero-order valence-corrected chi connectivity index (χ0v) is 12.7. The van der Waals surface area contributed by atoms with Crippen LogP contribution in [-0.2, 0) is 26.0 Å². The van der Waals surface area contributed by atoms with Crippen LogP contribution in [0, 0.1) is 0 Å². The van der Waals surface area contributed by atoms with Crippen molar-refractivity contribution in [1.82, 2.24) is 4.31 Å². The second-order valence-corrected chi connectivity index (χ2v) is 7.89. The Balaban J connectivity index is 2.17. The molecule has 1 fully saturated rings. The lowest BCUT2D eigenvalue weighted by Crippen LogP contribution is -2.45. The summed E-state index contributed by atoms with van der Waals surface area (Å²) in [6.07, 6.45) is 0.540. The lowest BCUT2D eigenvalue weighted by Gasteiger charge is -2.31. The second kappa shape index (κ2) is 6.21. The van der Waals surface area contributed by atoms with Crippen LogP contribution in [0.2, 0.25) is 0 Å². The van der Waals surface area contributed by atoms with E-state index in [1.165, 1.54) is 10.4 Å². The molecule has 2 heterocycles. The maximum absolute atomic E-state index is 12.5. The number of hydrogen-bond acceptors (Lipinski definition) is 5. The first-order chi connectivity index (χ1) is 9.43. The van der Waals surface area contributed by atoms with E-state index in [9.17, 15) is 13.2 Å². The number of hydrogen-bond donors (Lipinski definition) is 1. The quantitative estimate of drug-likeness (QED) is 0.881. The van der Waals surface area contributed by atoms with Crippen molar-refractivity contribution in [2.24, 2.45) is 0 Å². The van der Waals surface area contributed by atoms with Gasteiger partial charge in [-0.25, -0.2) is 8.42 Å². The number of thiophene rings is 1. The average Bonchev–Trinajstić information content (AvgIpc) is 2.87. The van der Waals surface area contributed by atoms with Gasteiger partial charge >= 0.3 is 5.97 Å². The Morgan fingerprint density at radius 1 is 1.55 bits per heavy atom. The molecule has 20 heavy (non-hydrogen) atoms. The Labute approximate surface area is 122 Å². The number of carbonyl (C=O) groups is 1. The molecule has 0 aromatic carbocycles. The fourth-order valence-corrected chi connectivity index (χ4v) is 4.98. The summed E-state index contributed by atoms with van der Waals surface area (Å²) in [6.45, 7) is 3.04. The van der Waals surface area contributed by atoms with E-state index in [1.807, 2.05) is 6.92 Å². The standard InChI is InChI=1S/C12H17NO5S2/c1-2-9-8-13(5-6-18-9)20(16,17)12-4-3-10(19-12)7-11(14)15/h3-4,9H,2,5-8H2,1H3,(H,14,15). The molecule has 0 aliphatic carbocycles. The van der Waals surface area contributed by atoms with Crippen LogP contribution in [0.1, 0.15) is 18.2 Å². The van der Waals surface area contributed by atoms with E-state index in [2.05, 4.69) is 0 Å². The molecular weight excluding hydrogens is 302 g/mol. The minimum Gasteiger partial charge on any atom is -0.481 e. The van der Waals surface area contributed by atoms with Gasteiger partial charge in [0.1, 0.15) is 4.21 Å². The summed E-state index contributed by atoms with van der Waals surface area (Å²) < 4.78 is 32.0. The van der Waals surface area contributed by atoms with Crippen LogP contribution >= 0.6 is 11.3 Å². The molecule has 0 amide bonds. The first-order valence-electron chi connectivity index (χ1n) is 6.35. The third-order valence-electron chi connectivity index (χ3n) is 3.11. The number of morpholine rings is 1. The minimum absolute atomic E-state index is 0.0722. The number of sulfonamides is 1. The van der Waals surface area contributed by atoms with Gasteiger partial charge in [0, 0.05) is 18.0 Å². The molecule has 0 saturated carbocycles.